The molecule has 1 aliphatic heterocycles. The van der Waals surface area contributed by atoms with Gasteiger partial charge in [-0.2, -0.15) is 4.98 Å². The topological polar surface area (TPSA) is 99.6 Å². The van der Waals surface area contributed by atoms with Crippen molar-refractivity contribution in [1.29, 1.82) is 0 Å². The quantitative estimate of drug-likeness (QED) is 0.465. The van der Waals surface area contributed by atoms with Gasteiger partial charge in [-0.3, -0.25) is 4.79 Å². The van der Waals surface area contributed by atoms with Crippen molar-refractivity contribution in [1.82, 2.24) is 14.9 Å². The number of carbonyl (C=O) groups excluding carboxylic acids is 1. The van der Waals surface area contributed by atoms with E-state index in [0.29, 0.717) is 40.3 Å². The maximum Gasteiger partial charge on any atom is 0.256 e. The third kappa shape index (κ3) is 4.26. The number of aryl methyl sites for hydroxylation is 2. The fourth-order valence-corrected chi connectivity index (χ4v) is 4.70. The van der Waals surface area contributed by atoms with Crippen molar-refractivity contribution in [3.05, 3.63) is 63.8 Å². The van der Waals surface area contributed by atoms with Crippen LogP contribution in [0.3, 0.4) is 0 Å². The molecule has 8 nitrogen and oxygen atoms in total. The molecule has 2 aliphatic rings. The van der Waals surface area contributed by atoms with Gasteiger partial charge in [0, 0.05) is 18.3 Å². The number of benzene rings is 2. The van der Waals surface area contributed by atoms with Crippen LogP contribution in [-0.4, -0.2) is 46.1 Å². The van der Waals surface area contributed by atoms with Gasteiger partial charge in [0.25, 0.3) is 5.91 Å². The molecule has 3 N–H and O–H groups in total. The first-order chi connectivity index (χ1) is 16.4. The van der Waals surface area contributed by atoms with Gasteiger partial charge in [0.15, 0.2) is 5.82 Å². The summed E-state index contributed by atoms with van der Waals surface area (Å²) in [5.41, 5.74) is 5.36. The molecule has 0 saturated carbocycles. The zero-order valence-corrected chi connectivity index (χ0v) is 19.8. The second-order valence-electron chi connectivity index (χ2n) is 8.68. The van der Waals surface area contributed by atoms with Crippen LogP contribution in [0.25, 0.3) is 0 Å². The number of methoxy groups -OCH3 is 1. The summed E-state index contributed by atoms with van der Waals surface area (Å²) in [7, 11) is 3.35. The number of rotatable bonds is 5. The molecule has 3 aromatic rings. The molecule has 0 radical (unpaired) electrons. The largest absolute Gasteiger partial charge is 0.496 e. The van der Waals surface area contributed by atoms with Gasteiger partial charge in [0.1, 0.15) is 10.8 Å². The van der Waals surface area contributed by atoms with Gasteiger partial charge < -0.3 is 25.4 Å². The summed E-state index contributed by atoms with van der Waals surface area (Å²) in [5, 5.41) is 16.8. The van der Waals surface area contributed by atoms with E-state index >= 15 is 0 Å². The third-order valence-electron chi connectivity index (χ3n) is 6.40. The Bertz CT molecular complexity index is 1270. The molecule has 0 spiro atoms. The predicted molar refractivity (Wildman–Crippen MR) is 131 cm³/mol. The normalized spacial score (nSPS) is 17.1. The van der Waals surface area contributed by atoms with E-state index < -0.39 is 0 Å². The number of aromatic nitrogens is 2. The summed E-state index contributed by atoms with van der Waals surface area (Å²) in [6.07, 6.45) is 4.55. The number of fused-ring (bicyclic) bond motifs is 2. The van der Waals surface area contributed by atoms with Crippen LogP contribution in [0.5, 0.6) is 5.75 Å². The van der Waals surface area contributed by atoms with Crippen molar-refractivity contribution < 1.29 is 14.6 Å². The summed E-state index contributed by atoms with van der Waals surface area (Å²) in [6, 6.07) is 9.79. The highest BCUT2D eigenvalue weighted by Crippen LogP contribution is 2.37. The van der Waals surface area contributed by atoms with E-state index in [0.717, 1.165) is 36.9 Å². The Morgan fingerprint density at radius 3 is 2.74 bits per heavy atom. The summed E-state index contributed by atoms with van der Waals surface area (Å²) < 4.78 is 5.44. The summed E-state index contributed by atoms with van der Waals surface area (Å²) in [4.78, 5) is 23.3. The van der Waals surface area contributed by atoms with Crippen molar-refractivity contribution in [3.8, 4) is 5.75 Å². The molecule has 1 atom stereocenters. The number of nitrogens with zero attached hydrogens (tertiary/aromatic N) is 3. The highest BCUT2D eigenvalue weighted by atomic mass is 35.5. The Morgan fingerprint density at radius 1 is 1.15 bits per heavy atom. The average molecular weight is 480 g/mol. The standard InChI is InChI=1S/C25H26ClN5O3/c1-31-13-18-21(34-2)10-9-20(22(18)24(31)33)29-23-19(26)12-27-25(30-23)28-16-6-3-14-4-7-17(32)8-5-15(14)11-16/h3,6,9-12,17,32H,4-5,7-8,13H2,1-2H3,(H2,27,28,29,30). The Labute approximate surface area is 202 Å². The number of ether oxygens (including phenoxy) is 1. The molecule has 176 valence electrons. The molecular formula is C25H26ClN5O3. The van der Waals surface area contributed by atoms with Crippen molar-refractivity contribution in [2.24, 2.45) is 0 Å². The molecule has 9 heteroatoms. The highest BCUT2D eigenvalue weighted by Gasteiger charge is 2.31. The fraction of sp³-hybridized carbons (Fsp3) is 0.320. The zero-order valence-electron chi connectivity index (χ0n) is 19.1. The van der Waals surface area contributed by atoms with Crippen LogP contribution in [0, 0.1) is 0 Å². The lowest BCUT2D eigenvalue weighted by Crippen LogP contribution is -2.18. The number of hydrogen-bond acceptors (Lipinski definition) is 7. The van der Waals surface area contributed by atoms with E-state index in [2.05, 4.69) is 32.7 Å². The van der Waals surface area contributed by atoms with Gasteiger partial charge in [0.05, 0.1) is 37.2 Å². The average Bonchev–Trinajstić information content (AvgIpc) is 3.01. The van der Waals surface area contributed by atoms with Crippen LogP contribution < -0.4 is 15.4 Å². The lowest BCUT2D eigenvalue weighted by Gasteiger charge is -2.14. The number of amides is 1. The maximum absolute atomic E-state index is 12.8. The van der Waals surface area contributed by atoms with E-state index in [1.807, 2.05) is 12.1 Å². The first-order valence-electron chi connectivity index (χ1n) is 11.2. The van der Waals surface area contributed by atoms with Crippen LogP contribution in [0.15, 0.2) is 36.5 Å². The predicted octanol–water partition coefficient (Wildman–Crippen LogP) is 4.45. The van der Waals surface area contributed by atoms with E-state index in [-0.39, 0.29) is 12.0 Å². The number of nitrogens with one attached hydrogen (secondary N) is 2. The number of carbonyl (C=O) groups is 1. The molecule has 1 amide bonds. The molecule has 2 heterocycles. The molecule has 0 saturated heterocycles. The smallest absolute Gasteiger partial charge is 0.256 e. The minimum Gasteiger partial charge on any atom is -0.496 e. The van der Waals surface area contributed by atoms with E-state index in [1.54, 1.807) is 25.1 Å². The molecule has 1 aromatic heterocycles. The zero-order chi connectivity index (χ0) is 23.8. The van der Waals surface area contributed by atoms with Gasteiger partial charge in [-0.15, -0.1) is 0 Å². The van der Waals surface area contributed by atoms with Crippen LogP contribution in [-0.2, 0) is 19.4 Å². The molecule has 2 aromatic carbocycles. The number of halogens is 1. The van der Waals surface area contributed by atoms with Crippen LogP contribution in [0.4, 0.5) is 23.1 Å². The summed E-state index contributed by atoms with van der Waals surface area (Å²) >= 11 is 6.39. The molecule has 1 unspecified atom stereocenters. The molecule has 5 rings (SSSR count). The maximum atomic E-state index is 12.8. The monoisotopic (exact) mass is 479 g/mol. The van der Waals surface area contributed by atoms with Gasteiger partial charge >= 0.3 is 0 Å². The SMILES string of the molecule is COc1ccc(Nc2nc(Nc3ccc4c(c3)CCC(O)CC4)ncc2Cl)c2c1CN(C)C2=O. The van der Waals surface area contributed by atoms with Crippen molar-refractivity contribution in [3.63, 3.8) is 0 Å². The van der Waals surface area contributed by atoms with Gasteiger partial charge in [0.2, 0.25) is 5.95 Å². The van der Waals surface area contributed by atoms with Crippen molar-refractivity contribution >= 4 is 40.6 Å². The second kappa shape index (κ2) is 9.12. The lowest BCUT2D eigenvalue weighted by molar-refractivity contribution is 0.0817. The van der Waals surface area contributed by atoms with Gasteiger partial charge in [-0.05, 0) is 61.1 Å². The van der Waals surface area contributed by atoms with Gasteiger partial charge in [-0.1, -0.05) is 17.7 Å². The molecular weight excluding hydrogens is 454 g/mol. The second-order valence-corrected chi connectivity index (χ2v) is 9.09. The van der Waals surface area contributed by atoms with Crippen LogP contribution >= 0.6 is 11.6 Å². The van der Waals surface area contributed by atoms with Crippen molar-refractivity contribution in [2.45, 2.75) is 38.3 Å². The van der Waals surface area contributed by atoms with Gasteiger partial charge in [-0.25, -0.2) is 4.98 Å². The Kier molecular flexibility index (Phi) is 6.02. The molecule has 1 aliphatic carbocycles. The van der Waals surface area contributed by atoms with E-state index in [9.17, 15) is 9.90 Å². The molecule has 0 fully saturated rings. The number of aliphatic hydroxyl groups is 1. The Balaban J connectivity index is 1.41. The number of aliphatic hydroxyl groups excluding tert-OH is 1. The van der Waals surface area contributed by atoms with Crippen LogP contribution in [0.1, 0.15) is 39.9 Å². The first-order valence-corrected chi connectivity index (χ1v) is 11.6. The fourth-order valence-electron chi connectivity index (χ4n) is 4.57. The minimum atomic E-state index is -0.247. The molecule has 0 bridgehead atoms. The van der Waals surface area contributed by atoms with Crippen LogP contribution in [0.2, 0.25) is 5.02 Å². The lowest BCUT2D eigenvalue weighted by atomic mass is 10.0. The minimum absolute atomic E-state index is 0.0879. The Hall–Kier alpha value is -3.36. The summed E-state index contributed by atoms with van der Waals surface area (Å²) in [6.45, 7) is 0.479. The number of anilines is 4. The first kappa shape index (κ1) is 22.4. The highest BCUT2D eigenvalue weighted by molar-refractivity contribution is 6.33. The Morgan fingerprint density at radius 2 is 1.94 bits per heavy atom. The van der Waals surface area contributed by atoms with E-state index in [1.165, 1.54) is 17.3 Å². The summed E-state index contributed by atoms with van der Waals surface area (Å²) in [5.74, 6) is 1.36. The third-order valence-corrected chi connectivity index (χ3v) is 6.68. The van der Waals surface area contributed by atoms with Crippen molar-refractivity contribution in [2.75, 3.05) is 24.8 Å². The van der Waals surface area contributed by atoms with E-state index in [4.69, 9.17) is 16.3 Å². The number of hydrogen-bond donors (Lipinski definition) is 3. The molecule has 34 heavy (non-hydrogen) atoms.